The lowest BCUT2D eigenvalue weighted by Gasteiger charge is -2.21. The molecule has 1 aliphatic carbocycles. The van der Waals surface area contributed by atoms with E-state index in [9.17, 15) is 14.3 Å². The third-order valence-electron chi connectivity index (χ3n) is 6.74. The van der Waals surface area contributed by atoms with Crippen LogP contribution in [0.25, 0.3) is 0 Å². The maximum atomic E-state index is 14.0. The van der Waals surface area contributed by atoms with E-state index in [1.165, 1.54) is 18.2 Å². The molecule has 0 radical (unpaired) electrons. The molecule has 2 N–H and O–H groups in total. The Morgan fingerprint density at radius 1 is 1.26 bits per heavy atom. The fraction of sp³-hybridized carbons (Fsp3) is 0.286. The van der Waals surface area contributed by atoms with Gasteiger partial charge >= 0.3 is 0 Å². The molecule has 1 saturated carbocycles. The molecule has 1 unspecified atom stereocenters. The normalized spacial score (nSPS) is 21.5. The molecule has 2 heterocycles. The van der Waals surface area contributed by atoms with Gasteiger partial charge in [-0.05, 0) is 74.3 Å². The Labute approximate surface area is 209 Å². The standard InChI is InChI=1S/C28H25ClFN3O2/c1-17-11-18(9-10-28-14-20(28)15-33(2)16-28)12-24(31-17)27(35)32-26(19-3-5-21(29)6-4-19)23-13-22(30)7-8-25(23)34/h3-8,11-13,20,26,34H,14-16H2,1-2H3,(H,32,35)/t20-,26?,28+/m1/s1. The minimum Gasteiger partial charge on any atom is -0.508 e. The molecule has 2 fully saturated rings. The second-order valence-corrected chi connectivity index (χ2v) is 9.98. The molecule has 5 rings (SSSR count). The third kappa shape index (κ3) is 4.88. The van der Waals surface area contributed by atoms with Crippen molar-refractivity contribution in [3.63, 3.8) is 0 Å². The van der Waals surface area contributed by atoms with E-state index < -0.39 is 17.8 Å². The number of carbonyl (C=O) groups excluding carboxylic acids is 1. The largest absolute Gasteiger partial charge is 0.508 e. The van der Waals surface area contributed by atoms with Crippen LogP contribution in [0, 0.1) is 35.9 Å². The van der Waals surface area contributed by atoms with E-state index in [1.807, 2.05) is 13.0 Å². The van der Waals surface area contributed by atoms with E-state index in [0.29, 0.717) is 22.2 Å². The van der Waals surface area contributed by atoms with Crippen LogP contribution >= 0.6 is 11.6 Å². The van der Waals surface area contributed by atoms with Crippen molar-refractivity contribution >= 4 is 17.5 Å². The fourth-order valence-electron chi connectivity index (χ4n) is 4.94. The van der Waals surface area contributed by atoms with Gasteiger partial charge in [0.25, 0.3) is 5.91 Å². The number of nitrogens with one attached hydrogen (secondary N) is 1. The lowest BCUT2D eigenvalue weighted by Crippen LogP contribution is -2.30. The number of fused-ring (bicyclic) bond motifs is 1. The minimum absolute atomic E-state index is 0.0724. The van der Waals surface area contributed by atoms with Gasteiger partial charge in [-0.2, -0.15) is 0 Å². The Morgan fingerprint density at radius 3 is 2.74 bits per heavy atom. The Bertz CT molecular complexity index is 1360. The van der Waals surface area contributed by atoms with Gasteiger partial charge in [0.2, 0.25) is 0 Å². The summed E-state index contributed by atoms with van der Waals surface area (Å²) in [6.45, 7) is 3.87. The summed E-state index contributed by atoms with van der Waals surface area (Å²) in [6, 6.07) is 13.2. The molecule has 1 aliphatic heterocycles. The number of halogens is 2. The number of pyridine rings is 1. The first kappa shape index (κ1) is 23.3. The van der Waals surface area contributed by atoms with Crippen molar-refractivity contribution in [1.82, 2.24) is 15.2 Å². The molecule has 5 nitrogen and oxygen atoms in total. The summed E-state index contributed by atoms with van der Waals surface area (Å²) in [7, 11) is 2.11. The second-order valence-electron chi connectivity index (χ2n) is 9.55. The zero-order valence-corrected chi connectivity index (χ0v) is 20.2. The van der Waals surface area contributed by atoms with Gasteiger partial charge < -0.3 is 15.3 Å². The Balaban J connectivity index is 1.44. The maximum absolute atomic E-state index is 14.0. The average molecular weight is 490 g/mol. The van der Waals surface area contributed by atoms with Crippen LogP contribution in [0.3, 0.4) is 0 Å². The van der Waals surface area contributed by atoms with Crippen molar-refractivity contribution in [3.05, 3.63) is 93.5 Å². The van der Waals surface area contributed by atoms with Crippen LogP contribution in [-0.2, 0) is 0 Å². The topological polar surface area (TPSA) is 65.5 Å². The highest BCUT2D eigenvalue weighted by atomic mass is 35.5. The Hall–Kier alpha value is -3.40. The quantitative estimate of drug-likeness (QED) is 0.521. The van der Waals surface area contributed by atoms with Crippen molar-refractivity contribution in [1.29, 1.82) is 0 Å². The van der Waals surface area contributed by atoms with Crippen LogP contribution in [-0.4, -0.2) is 41.0 Å². The van der Waals surface area contributed by atoms with Gasteiger partial charge in [-0.25, -0.2) is 9.37 Å². The first-order valence-electron chi connectivity index (χ1n) is 11.5. The number of hydrogen-bond donors (Lipinski definition) is 2. The first-order chi connectivity index (χ1) is 16.7. The summed E-state index contributed by atoms with van der Waals surface area (Å²) >= 11 is 6.03. The molecular formula is C28H25ClFN3O2. The number of piperidine rings is 1. The molecule has 0 bridgehead atoms. The maximum Gasteiger partial charge on any atom is 0.270 e. The van der Waals surface area contributed by atoms with Crippen molar-refractivity contribution in [2.24, 2.45) is 11.3 Å². The van der Waals surface area contributed by atoms with Gasteiger partial charge in [0.05, 0.1) is 6.04 Å². The van der Waals surface area contributed by atoms with Crippen molar-refractivity contribution < 1.29 is 14.3 Å². The zero-order valence-electron chi connectivity index (χ0n) is 19.5. The number of nitrogens with zero attached hydrogens (tertiary/aromatic N) is 2. The monoisotopic (exact) mass is 489 g/mol. The van der Waals surface area contributed by atoms with E-state index in [0.717, 1.165) is 25.1 Å². The van der Waals surface area contributed by atoms with Gasteiger partial charge in [-0.15, -0.1) is 0 Å². The molecular weight excluding hydrogens is 465 g/mol. The highest BCUT2D eigenvalue weighted by molar-refractivity contribution is 6.30. The number of hydrogen-bond acceptors (Lipinski definition) is 4. The number of benzene rings is 2. The summed E-state index contributed by atoms with van der Waals surface area (Å²) in [6.07, 6.45) is 1.13. The molecule has 2 aromatic carbocycles. The number of phenols is 1. The third-order valence-corrected chi connectivity index (χ3v) is 6.99. The highest BCUT2D eigenvalue weighted by Gasteiger charge is 2.58. The summed E-state index contributed by atoms with van der Waals surface area (Å²) < 4.78 is 14.0. The summed E-state index contributed by atoms with van der Waals surface area (Å²) in [5.74, 6) is 6.23. The molecule has 178 valence electrons. The van der Waals surface area contributed by atoms with Crippen LogP contribution in [0.15, 0.2) is 54.6 Å². The molecule has 3 aromatic rings. The smallest absolute Gasteiger partial charge is 0.270 e. The van der Waals surface area contributed by atoms with Gasteiger partial charge in [-0.3, -0.25) is 4.79 Å². The molecule has 2 aliphatic rings. The number of amides is 1. The fourth-order valence-corrected chi connectivity index (χ4v) is 5.07. The van der Waals surface area contributed by atoms with Gasteiger partial charge in [0, 0.05) is 40.3 Å². The van der Waals surface area contributed by atoms with Gasteiger partial charge in [0.1, 0.15) is 17.3 Å². The number of rotatable bonds is 4. The minimum atomic E-state index is -0.813. The molecule has 0 spiro atoms. The van der Waals surface area contributed by atoms with Crippen molar-refractivity contribution in [3.8, 4) is 17.6 Å². The highest BCUT2D eigenvalue weighted by Crippen LogP contribution is 2.56. The average Bonchev–Trinajstić information content (AvgIpc) is 3.38. The van der Waals surface area contributed by atoms with E-state index in [2.05, 4.69) is 34.1 Å². The van der Waals surface area contributed by atoms with Crippen LogP contribution in [0.4, 0.5) is 4.39 Å². The number of aromatic hydroxyl groups is 1. The van der Waals surface area contributed by atoms with Crippen molar-refractivity contribution in [2.45, 2.75) is 19.4 Å². The van der Waals surface area contributed by atoms with Crippen LogP contribution in [0.1, 0.15) is 45.3 Å². The van der Waals surface area contributed by atoms with E-state index in [4.69, 9.17) is 11.6 Å². The summed E-state index contributed by atoms with van der Waals surface area (Å²) in [5, 5.41) is 13.9. The Morgan fingerprint density at radius 2 is 2.03 bits per heavy atom. The van der Waals surface area contributed by atoms with E-state index in [1.54, 1.807) is 30.3 Å². The van der Waals surface area contributed by atoms with Gasteiger partial charge in [-0.1, -0.05) is 35.6 Å². The number of carbonyl (C=O) groups is 1. The van der Waals surface area contributed by atoms with Gasteiger partial charge in [0.15, 0.2) is 0 Å². The molecule has 1 saturated heterocycles. The van der Waals surface area contributed by atoms with E-state index >= 15 is 0 Å². The molecule has 7 heteroatoms. The molecule has 1 amide bonds. The van der Waals surface area contributed by atoms with Crippen LogP contribution in [0.2, 0.25) is 5.02 Å². The summed E-state index contributed by atoms with van der Waals surface area (Å²) in [4.78, 5) is 20.0. The number of likely N-dealkylation sites (tertiary alicyclic amines) is 1. The number of aryl methyl sites for hydroxylation is 1. The van der Waals surface area contributed by atoms with Crippen LogP contribution in [0.5, 0.6) is 5.75 Å². The first-order valence-corrected chi connectivity index (χ1v) is 11.9. The predicted octanol–water partition coefficient (Wildman–Crippen LogP) is 4.71. The second kappa shape index (κ2) is 8.99. The zero-order chi connectivity index (χ0) is 24.7. The molecule has 1 aromatic heterocycles. The SMILES string of the molecule is Cc1cc(C#C[C@@]23C[C@@H]2CN(C)C3)cc(C(=O)NC(c2ccc(Cl)cc2)c2cc(F)ccc2O)n1. The summed E-state index contributed by atoms with van der Waals surface area (Å²) in [5.41, 5.74) is 2.56. The predicted molar refractivity (Wildman–Crippen MR) is 133 cm³/mol. The Kier molecular flexibility index (Phi) is 6.00. The van der Waals surface area contributed by atoms with Crippen molar-refractivity contribution in [2.75, 3.05) is 20.1 Å². The number of phenolic OH excluding ortho intramolecular Hbond substituents is 1. The molecule has 35 heavy (non-hydrogen) atoms. The lowest BCUT2D eigenvalue weighted by molar-refractivity contribution is 0.0937. The lowest BCUT2D eigenvalue weighted by atomic mass is 9.97. The van der Waals surface area contributed by atoms with Crippen LogP contribution < -0.4 is 5.32 Å². The number of aromatic nitrogens is 1. The van der Waals surface area contributed by atoms with E-state index in [-0.39, 0.29) is 22.4 Å². The molecule has 3 atom stereocenters.